The summed E-state index contributed by atoms with van der Waals surface area (Å²) in [4.78, 5) is 16.5. The number of rotatable bonds is 5. The monoisotopic (exact) mass is 317 g/mol. The van der Waals surface area contributed by atoms with Crippen LogP contribution in [0.1, 0.15) is 15.4 Å². The zero-order valence-corrected chi connectivity index (χ0v) is 12.5. The van der Waals surface area contributed by atoms with Gasteiger partial charge in [0.2, 0.25) is 5.89 Å². The molecule has 1 aromatic carbocycles. The lowest BCUT2D eigenvalue weighted by Crippen LogP contribution is -1.89. The van der Waals surface area contributed by atoms with Crippen LogP contribution in [0.5, 0.6) is 0 Å². The SMILES string of the molecule is O=C(O)c1cc(SCc2coc(-c3ccccc3)n2)cs1. The average Bonchev–Trinajstić information content (AvgIpc) is 3.15. The number of aromatic nitrogens is 1. The predicted molar refractivity (Wildman–Crippen MR) is 82.8 cm³/mol. The fourth-order valence-electron chi connectivity index (χ4n) is 1.75. The molecule has 0 radical (unpaired) electrons. The third-order valence-corrected chi connectivity index (χ3v) is 4.82. The third kappa shape index (κ3) is 3.34. The Labute approximate surface area is 129 Å². The summed E-state index contributed by atoms with van der Waals surface area (Å²) in [5.74, 6) is 0.356. The second-order valence-corrected chi connectivity index (χ2v) is 6.21. The lowest BCUT2D eigenvalue weighted by atomic mass is 10.2. The van der Waals surface area contributed by atoms with Crippen LogP contribution in [-0.2, 0) is 5.75 Å². The van der Waals surface area contributed by atoms with Crippen molar-refractivity contribution in [2.75, 3.05) is 0 Å². The number of hydrogen-bond acceptors (Lipinski definition) is 5. The first-order valence-electron chi connectivity index (χ1n) is 6.17. The van der Waals surface area contributed by atoms with E-state index in [1.54, 1.807) is 24.1 Å². The van der Waals surface area contributed by atoms with E-state index in [4.69, 9.17) is 9.52 Å². The topological polar surface area (TPSA) is 63.3 Å². The second-order valence-electron chi connectivity index (χ2n) is 4.25. The highest BCUT2D eigenvalue weighted by molar-refractivity contribution is 7.98. The van der Waals surface area contributed by atoms with Gasteiger partial charge in [0.15, 0.2) is 0 Å². The molecule has 0 aliphatic carbocycles. The first-order valence-corrected chi connectivity index (χ1v) is 8.03. The molecule has 0 atom stereocenters. The number of thioether (sulfide) groups is 1. The van der Waals surface area contributed by atoms with Crippen LogP contribution in [0.25, 0.3) is 11.5 Å². The van der Waals surface area contributed by atoms with Crippen molar-refractivity contribution in [1.29, 1.82) is 0 Å². The van der Waals surface area contributed by atoms with E-state index in [2.05, 4.69) is 4.98 Å². The lowest BCUT2D eigenvalue weighted by molar-refractivity contribution is 0.0702. The highest BCUT2D eigenvalue weighted by atomic mass is 32.2. The summed E-state index contributed by atoms with van der Waals surface area (Å²) in [6.07, 6.45) is 1.64. The molecule has 0 aliphatic rings. The van der Waals surface area contributed by atoms with Crippen LogP contribution < -0.4 is 0 Å². The van der Waals surface area contributed by atoms with Crippen molar-refractivity contribution in [2.45, 2.75) is 10.6 Å². The van der Waals surface area contributed by atoms with Gasteiger partial charge < -0.3 is 9.52 Å². The first kappa shape index (κ1) is 13.9. The van der Waals surface area contributed by atoms with E-state index in [1.807, 2.05) is 35.7 Å². The molecule has 3 rings (SSSR count). The summed E-state index contributed by atoms with van der Waals surface area (Å²) in [5, 5.41) is 10.7. The molecule has 0 unspecified atom stereocenters. The van der Waals surface area contributed by atoms with Gasteiger partial charge in [0.1, 0.15) is 11.1 Å². The highest BCUT2D eigenvalue weighted by Crippen LogP contribution is 2.28. The van der Waals surface area contributed by atoms with Gasteiger partial charge in [-0.25, -0.2) is 9.78 Å². The van der Waals surface area contributed by atoms with E-state index in [-0.39, 0.29) is 0 Å². The Morgan fingerprint density at radius 3 is 2.86 bits per heavy atom. The van der Waals surface area contributed by atoms with Gasteiger partial charge in [0.05, 0.1) is 5.69 Å². The molecule has 0 spiro atoms. The molecule has 6 heteroatoms. The minimum atomic E-state index is -0.889. The van der Waals surface area contributed by atoms with Gasteiger partial charge in [-0.3, -0.25) is 0 Å². The molecule has 0 amide bonds. The van der Waals surface area contributed by atoms with Gasteiger partial charge in [-0.15, -0.1) is 23.1 Å². The maximum absolute atomic E-state index is 10.8. The van der Waals surface area contributed by atoms with Crippen LogP contribution in [0.3, 0.4) is 0 Å². The molecule has 0 aliphatic heterocycles. The van der Waals surface area contributed by atoms with Crippen molar-refractivity contribution in [3.05, 3.63) is 58.6 Å². The molecule has 0 bridgehead atoms. The number of hydrogen-bond donors (Lipinski definition) is 1. The van der Waals surface area contributed by atoms with Crippen LogP contribution >= 0.6 is 23.1 Å². The molecule has 0 saturated heterocycles. The molecule has 2 aromatic heterocycles. The zero-order valence-electron chi connectivity index (χ0n) is 10.9. The van der Waals surface area contributed by atoms with Crippen molar-refractivity contribution in [1.82, 2.24) is 4.98 Å². The summed E-state index contributed by atoms with van der Waals surface area (Å²) >= 11 is 2.78. The number of carboxylic acids is 1. The minimum absolute atomic E-state index is 0.350. The van der Waals surface area contributed by atoms with E-state index < -0.39 is 5.97 Å². The normalized spacial score (nSPS) is 10.7. The Hall–Kier alpha value is -2.05. The van der Waals surface area contributed by atoms with E-state index in [9.17, 15) is 4.79 Å². The van der Waals surface area contributed by atoms with Crippen LogP contribution in [0.2, 0.25) is 0 Å². The van der Waals surface area contributed by atoms with Crippen LogP contribution in [-0.4, -0.2) is 16.1 Å². The first-order chi connectivity index (χ1) is 10.2. The van der Waals surface area contributed by atoms with Gasteiger partial charge in [0.25, 0.3) is 0 Å². The summed E-state index contributed by atoms with van der Waals surface area (Å²) < 4.78 is 5.47. The Morgan fingerprint density at radius 1 is 1.33 bits per heavy atom. The maximum atomic E-state index is 10.8. The molecule has 2 heterocycles. The molecule has 3 aromatic rings. The van der Waals surface area contributed by atoms with Gasteiger partial charge in [0, 0.05) is 21.6 Å². The highest BCUT2D eigenvalue weighted by Gasteiger charge is 2.09. The standard InChI is InChI=1S/C15H11NO3S2/c17-15(18)13-6-12(9-21-13)20-8-11-7-19-14(16-11)10-4-2-1-3-5-10/h1-7,9H,8H2,(H,17,18). The Morgan fingerprint density at radius 2 is 2.14 bits per heavy atom. The number of carboxylic acid groups (broad SMARTS) is 1. The van der Waals surface area contributed by atoms with Crippen molar-refractivity contribution in [2.24, 2.45) is 0 Å². The molecule has 106 valence electrons. The van der Waals surface area contributed by atoms with Crippen molar-refractivity contribution < 1.29 is 14.3 Å². The van der Waals surface area contributed by atoms with Crippen molar-refractivity contribution in [3.63, 3.8) is 0 Å². The Bertz CT molecular complexity index is 749. The van der Waals surface area contributed by atoms with E-state index in [1.165, 1.54) is 11.3 Å². The van der Waals surface area contributed by atoms with Gasteiger partial charge in [-0.2, -0.15) is 0 Å². The number of aromatic carboxylic acids is 1. The second kappa shape index (κ2) is 6.15. The molecular weight excluding hydrogens is 306 g/mol. The summed E-state index contributed by atoms with van der Waals surface area (Å²) in [6, 6.07) is 11.4. The number of thiophene rings is 1. The van der Waals surface area contributed by atoms with Crippen LogP contribution in [0, 0.1) is 0 Å². The van der Waals surface area contributed by atoms with Gasteiger partial charge >= 0.3 is 5.97 Å². The van der Waals surface area contributed by atoms with E-state index in [0.717, 1.165) is 16.2 Å². The fourth-order valence-corrected chi connectivity index (χ4v) is 3.50. The third-order valence-electron chi connectivity index (χ3n) is 2.75. The Kier molecular flexibility index (Phi) is 4.08. The minimum Gasteiger partial charge on any atom is -0.477 e. The number of oxazole rings is 1. The molecule has 0 fully saturated rings. The quantitative estimate of drug-likeness (QED) is 0.707. The summed E-state index contributed by atoms with van der Waals surface area (Å²) in [6.45, 7) is 0. The molecule has 1 N–H and O–H groups in total. The summed E-state index contributed by atoms with van der Waals surface area (Å²) in [7, 11) is 0. The largest absolute Gasteiger partial charge is 0.477 e. The number of benzene rings is 1. The number of nitrogens with zero attached hydrogens (tertiary/aromatic N) is 1. The molecule has 0 saturated carbocycles. The van der Waals surface area contributed by atoms with Crippen molar-refractivity contribution >= 4 is 29.1 Å². The summed E-state index contributed by atoms with van der Waals surface area (Å²) in [5.41, 5.74) is 1.78. The maximum Gasteiger partial charge on any atom is 0.345 e. The van der Waals surface area contributed by atoms with Crippen molar-refractivity contribution in [3.8, 4) is 11.5 Å². The Balaban J connectivity index is 1.66. The molecule has 21 heavy (non-hydrogen) atoms. The lowest BCUT2D eigenvalue weighted by Gasteiger charge is -1.94. The average molecular weight is 317 g/mol. The smallest absolute Gasteiger partial charge is 0.345 e. The van der Waals surface area contributed by atoms with Gasteiger partial charge in [-0.05, 0) is 18.2 Å². The van der Waals surface area contributed by atoms with Crippen LogP contribution in [0.15, 0.2) is 57.4 Å². The molecular formula is C15H11NO3S2. The molecule has 4 nitrogen and oxygen atoms in total. The van der Waals surface area contributed by atoms with Gasteiger partial charge in [-0.1, -0.05) is 18.2 Å². The number of carbonyl (C=O) groups is 1. The van der Waals surface area contributed by atoms with E-state index in [0.29, 0.717) is 16.5 Å². The zero-order chi connectivity index (χ0) is 14.7. The van der Waals surface area contributed by atoms with Crippen LogP contribution in [0.4, 0.5) is 0 Å². The van der Waals surface area contributed by atoms with E-state index >= 15 is 0 Å². The predicted octanol–water partition coefficient (Wildman–Crippen LogP) is 4.39. The fraction of sp³-hybridized carbons (Fsp3) is 0.0667.